The topological polar surface area (TPSA) is 29.9 Å². The number of nitrogens with zero attached hydrogens (tertiary/aromatic N) is 2. The van der Waals surface area contributed by atoms with Gasteiger partial charge in [-0.3, -0.25) is 0 Å². The first kappa shape index (κ1) is 12.3. The highest BCUT2D eigenvalue weighted by Crippen LogP contribution is 2.42. The van der Waals surface area contributed by atoms with Gasteiger partial charge in [0.15, 0.2) is 5.82 Å². The van der Waals surface area contributed by atoms with Crippen molar-refractivity contribution in [3.05, 3.63) is 29.8 Å². The van der Waals surface area contributed by atoms with Crippen molar-refractivity contribution in [3.8, 4) is 0 Å². The molecule has 0 radical (unpaired) electrons. The summed E-state index contributed by atoms with van der Waals surface area (Å²) in [4.78, 5) is 4.69. The fraction of sp³-hybridized carbons (Fsp3) is 0.562. The third-order valence-corrected chi connectivity index (χ3v) is 4.70. The van der Waals surface area contributed by atoms with Crippen LogP contribution in [0.25, 0.3) is 11.0 Å². The number of halogens is 1. The lowest BCUT2D eigenvalue weighted by atomic mass is 9.90. The number of aromatic nitrogens is 2. The summed E-state index contributed by atoms with van der Waals surface area (Å²) in [6, 6.07) is 5.81. The van der Waals surface area contributed by atoms with Crippen molar-refractivity contribution in [1.29, 1.82) is 0 Å². The number of piperidine rings is 1. The van der Waals surface area contributed by atoms with Crippen molar-refractivity contribution >= 4 is 11.0 Å². The van der Waals surface area contributed by atoms with Gasteiger partial charge in [-0.1, -0.05) is 6.07 Å². The maximum atomic E-state index is 14.1. The van der Waals surface area contributed by atoms with Crippen LogP contribution in [-0.4, -0.2) is 16.1 Å². The van der Waals surface area contributed by atoms with Gasteiger partial charge < -0.3 is 9.88 Å². The highest BCUT2D eigenvalue weighted by molar-refractivity contribution is 5.77. The molecular formula is C16H20FN3. The van der Waals surface area contributed by atoms with Crippen LogP contribution < -0.4 is 5.32 Å². The predicted molar refractivity (Wildman–Crippen MR) is 77.2 cm³/mol. The van der Waals surface area contributed by atoms with Crippen LogP contribution in [-0.2, 0) is 5.54 Å². The maximum absolute atomic E-state index is 14.1. The van der Waals surface area contributed by atoms with E-state index in [1.165, 1.54) is 31.7 Å². The van der Waals surface area contributed by atoms with Gasteiger partial charge in [-0.05, 0) is 57.7 Å². The van der Waals surface area contributed by atoms with Gasteiger partial charge in [0, 0.05) is 6.04 Å². The molecule has 0 spiro atoms. The Labute approximate surface area is 118 Å². The van der Waals surface area contributed by atoms with E-state index in [2.05, 4.69) is 16.8 Å². The normalized spacial score (nSPS) is 27.1. The Kier molecular flexibility index (Phi) is 2.64. The quantitative estimate of drug-likeness (QED) is 0.907. The molecule has 1 unspecified atom stereocenters. The second-order valence-electron chi connectivity index (χ2n) is 6.36. The molecule has 1 N–H and O–H groups in total. The Morgan fingerprint density at radius 2 is 2.20 bits per heavy atom. The number of nitrogens with one attached hydrogen (secondary N) is 1. The average molecular weight is 273 g/mol. The van der Waals surface area contributed by atoms with Crippen LogP contribution in [0.4, 0.5) is 4.39 Å². The molecule has 1 saturated carbocycles. The fourth-order valence-electron chi connectivity index (χ4n) is 3.42. The summed E-state index contributed by atoms with van der Waals surface area (Å²) >= 11 is 0. The van der Waals surface area contributed by atoms with E-state index >= 15 is 0 Å². The van der Waals surface area contributed by atoms with E-state index in [0.717, 1.165) is 24.3 Å². The summed E-state index contributed by atoms with van der Waals surface area (Å²) in [7, 11) is 0. The second kappa shape index (κ2) is 4.29. The molecule has 1 atom stereocenters. The molecule has 1 aliphatic heterocycles. The van der Waals surface area contributed by atoms with Crippen molar-refractivity contribution in [3.63, 3.8) is 0 Å². The van der Waals surface area contributed by atoms with Crippen molar-refractivity contribution in [2.24, 2.45) is 0 Å². The van der Waals surface area contributed by atoms with Crippen LogP contribution in [0, 0.1) is 5.82 Å². The Morgan fingerprint density at radius 3 is 2.90 bits per heavy atom. The Bertz CT molecular complexity index is 651. The molecule has 1 aliphatic carbocycles. The lowest BCUT2D eigenvalue weighted by Crippen LogP contribution is -2.45. The summed E-state index contributed by atoms with van der Waals surface area (Å²) < 4.78 is 16.3. The molecule has 2 aromatic rings. The van der Waals surface area contributed by atoms with Crippen molar-refractivity contribution in [2.75, 3.05) is 6.54 Å². The first-order valence-corrected chi connectivity index (χ1v) is 7.61. The molecule has 4 rings (SSSR count). The molecule has 106 valence electrons. The van der Waals surface area contributed by atoms with Gasteiger partial charge in [0.25, 0.3) is 0 Å². The standard InChI is InChI=1S/C16H20FN3/c1-16(9-2-3-10-18-16)15-19-14-12(17)5-4-6-13(14)20(15)11-7-8-11/h4-6,11,18H,2-3,7-10H2,1H3. The van der Waals surface area contributed by atoms with Crippen LogP contribution >= 0.6 is 0 Å². The van der Waals surface area contributed by atoms with Crippen LogP contribution in [0.15, 0.2) is 18.2 Å². The SMILES string of the molecule is CC1(c2nc3c(F)cccc3n2C2CC2)CCCCN1. The van der Waals surface area contributed by atoms with Gasteiger partial charge in [0.2, 0.25) is 0 Å². The molecule has 1 aromatic carbocycles. The Morgan fingerprint density at radius 1 is 1.35 bits per heavy atom. The zero-order valence-electron chi connectivity index (χ0n) is 11.8. The van der Waals surface area contributed by atoms with Gasteiger partial charge >= 0.3 is 0 Å². The second-order valence-corrected chi connectivity index (χ2v) is 6.36. The molecule has 4 heteroatoms. The maximum Gasteiger partial charge on any atom is 0.151 e. The predicted octanol–water partition coefficient (Wildman–Crippen LogP) is 3.50. The first-order chi connectivity index (χ1) is 9.69. The summed E-state index contributed by atoms with van der Waals surface area (Å²) in [5.74, 6) is 0.822. The summed E-state index contributed by atoms with van der Waals surface area (Å²) in [6.45, 7) is 3.23. The number of imidazole rings is 1. The van der Waals surface area contributed by atoms with E-state index < -0.39 is 0 Å². The van der Waals surface area contributed by atoms with Crippen molar-refractivity contribution in [2.45, 2.75) is 50.6 Å². The zero-order valence-corrected chi connectivity index (χ0v) is 11.8. The molecule has 2 heterocycles. The summed E-state index contributed by atoms with van der Waals surface area (Å²) in [6.07, 6.45) is 5.87. The monoisotopic (exact) mass is 273 g/mol. The molecule has 0 amide bonds. The molecule has 1 aromatic heterocycles. The van der Waals surface area contributed by atoms with E-state index in [4.69, 9.17) is 4.98 Å². The van der Waals surface area contributed by atoms with Crippen LogP contribution in [0.3, 0.4) is 0 Å². The lowest BCUT2D eigenvalue weighted by molar-refractivity contribution is 0.261. The highest BCUT2D eigenvalue weighted by atomic mass is 19.1. The van der Waals surface area contributed by atoms with Crippen LogP contribution in [0.1, 0.15) is 50.9 Å². The van der Waals surface area contributed by atoms with E-state index in [1.54, 1.807) is 6.07 Å². The van der Waals surface area contributed by atoms with Gasteiger partial charge in [0.05, 0.1) is 11.1 Å². The number of hydrogen-bond acceptors (Lipinski definition) is 2. The number of rotatable bonds is 2. The minimum absolute atomic E-state index is 0.119. The smallest absolute Gasteiger partial charge is 0.151 e. The summed E-state index contributed by atoms with van der Waals surface area (Å²) in [5, 5.41) is 3.61. The third-order valence-electron chi connectivity index (χ3n) is 4.70. The number of hydrogen-bond donors (Lipinski definition) is 1. The zero-order chi connectivity index (χ0) is 13.7. The number of para-hydroxylation sites is 1. The molecule has 3 nitrogen and oxygen atoms in total. The lowest BCUT2D eigenvalue weighted by Gasteiger charge is -2.34. The molecule has 2 fully saturated rings. The average Bonchev–Trinajstić information content (AvgIpc) is 3.20. The van der Waals surface area contributed by atoms with Gasteiger partial charge in [0.1, 0.15) is 11.3 Å². The minimum atomic E-state index is -0.206. The van der Waals surface area contributed by atoms with E-state index in [1.807, 2.05) is 6.07 Å². The van der Waals surface area contributed by atoms with Gasteiger partial charge in [-0.2, -0.15) is 0 Å². The largest absolute Gasteiger partial charge is 0.323 e. The number of benzene rings is 1. The molecule has 0 bridgehead atoms. The van der Waals surface area contributed by atoms with E-state index in [0.29, 0.717) is 11.6 Å². The Balaban J connectivity index is 1.94. The van der Waals surface area contributed by atoms with Crippen molar-refractivity contribution < 1.29 is 4.39 Å². The van der Waals surface area contributed by atoms with Crippen molar-refractivity contribution in [1.82, 2.24) is 14.9 Å². The molecule has 1 saturated heterocycles. The molecule has 20 heavy (non-hydrogen) atoms. The summed E-state index contributed by atoms with van der Waals surface area (Å²) in [5.41, 5.74) is 1.37. The van der Waals surface area contributed by atoms with Crippen LogP contribution in [0.5, 0.6) is 0 Å². The highest BCUT2D eigenvalue weighted by Gasteiger charge is 2.38. The van der Waals surface area contributed by atoms with Crippen LogP contribution in [0.2, 0.25) is 0 Å². The molecular weight excluding hydrogens is 253 g/mol. The molecule has 2 aliphatic rings. The van der Waals surface area contributed by atoms with Gasteiger partial charge in [-0.25, -0.2) is 9.37 Å². The Hall–Kier alpha value is -1.42. The van der Waals surface area contributed by atoms with E-state index in [9.17, 15) is 4.39 Å². The first-order valence-electron chi connectivity index (χ1n) is 7.61. The van der Waals surface area contributed by atoms with E-state index in [-0.39, 0.29) is 11.4 Å². The fourth-order valence-corrected chi connectivity index (χ4v) is 3.42. The number of fused-ring (bicyclic) bond motifs is 1. The minimum Gasteiger partial charge on any atom is -0.323 e. The third kappa shape index (κ3) is 1.78. The van der Waals surface area contributed by atoms with Gasteiger partial charge in [-0.15, -0.1) is 0 Å².